The van der Waals surface area contributed by atoms with E-state index in [0.29, 0.717) is 19.7 Å². The van der Waals surface area contributed by atoms with E-state index in [1.165, 1.54) is 5.56 Å². The van der Waals surface area contributed by atoms with Crippen molar-refractivity contribution in [3.8, 4) is 0 Å². The monoisotopic (exact) mass is 306 g/mol. The Labute approximate surface area is 130 Å². The van der Waals surface area contributed by atoms with Crippen LogP contribution in [0.25, 0.3) is 0 Å². The van der Waals surface area contributed by atoms with E-state index in [2.05, 4.69) is 12.2 Å². The van der Waals surface area contributed by atoms with E-state index >= 15 is 0 Å². The number of hydrogen-bond donors (Lipinski definition) is 1. The number of rotatable bonds is 5. The standard InChI is InChI=1S/C16H22N2O4/c1-3-12-5-7-13(8-6-12)18-10-14(22-11-15(18)19)9-17-16(20)21-4-2/h5-8,14H,3-4,9-11H2,1-2H3,(H,17,20). The van der Waals surface area contributed by atoms with Crippen LogP contribution in [-0.2, 0) is 20.7 Å². The summed E-state index contributed by atoms with van der Waals surface area (Å²) in [6, 6.07) is 7.92. The number of morpholine rings is 1. The molecule has 0 saturated carbocycles. The van der Waals surface area contributed by atoms with E-state index < -0.39 is 6.09 Å². The van der Waals surface area contributed by atoms with Crippen LogP contribution in [0.1, 0.15) is 19.4 Å². The summed E-state index contributed by atoms with van der Waals surface area (Å²) in [6.45, 7) is 4.91. The lowest BCUT2D eigenvalue weighted by Gasteiger charge is -2.32. The Hall–Kier alpha value is -2.08. The molecular formula is C16H22N2O4. The van der Waals surface area contributed by atoms with Gasteiger partial charge in [-0.25, -0.2) is 4.79 Å². The lowest BCUT2D eigenvalue weighted by molar-refractivity contribution is -0.129. The first kappa shape index (κ1) is 16.3. The van der Waals surface area contributed by atoms with Crippen molar-refractivity contribution in [1.82, 2.24) is 5.32 Å². The minimum Gasteiger partial charge on any atom is -0.450 e. The first-order chi connectivity index (χ1) is 10.6. The summed E-state index contributed by atoms with van der Waals surface area (Å²) >= 11 is 0. The molecule has 120 valence electrons. The number of alkyl carbamates (subject to hydrolysis) is 1. The van der Waals surface area contributed by atoms with Crippen LogP contribution in [0.3, 0.4) is 0 Å². The average Bonchev–Trinajstić information content (AvgIpc) is 2.54. The van der Waals surface area contributed by atoms with E-state index in [0.717, 1.165) is 12.1 Å². The van der Waals surface area contributed by atoms with E-state index in [1.807, 2.05) is 24.3 Å². The summed E-state index contributed by atoms with van der Waals surface area (Å²) in [6.07, 6.45) is 0.249. The van der Waals surface area contributed by atoms with Gasteiger partial charge in [-0.3, -0.25) is 4.79 Å². The third-order valence-electron chi connectivity index (χ3n) is 3.54. The number of nitrogens with one attached hydrogen (secondary N) is 1. The van der Waals surface area contributed by atoms with Gasteiger partial charge >= 0.3 is 6.09 Å². The maximum absolute atomic E-state index is 12.0. The number of aryl methyl sites for hydroxylation is 1. The second-order valence-electron chi connectivity index (χ2n) is 5.06. The first-order valence-electron chi connectivity index (χ1n) is 7.55. The van der Waals surface area contributed by atoms with Crippen molar-refractivity contribution < 1.29 is 19.1 Å². The highest BCUT2D eigenvalue weighted by Gasteiger charge is 2.27. The van der Waals surface area contributed by atoms with Gasteiger partial charge in [-0.2, -0.15) is 0 Å². The number of benzene rings is 1. The normalized spacial score (nSPS) is 18.2. The lowest BCUT2D eigenvalue weighted by atomic mass is 10.1. The van der Waals surface area contributed by atoms with Gasteiger partial charge in [0, 0.05) is 12.2 Å². The third-order valence-corrected chi connectivity index (χ3v) is 3.54. The molecule has 1 aromatic rings. The summed E-state index contributed by atoms with van der Waals surface area (Å²) in [4.78, 5) is 25.0. The SMILES string of the molecule is CCOC(=O)NCC1CN(c2ccc(CC)cc2)C(=O)CO1. The van der Waals surface area contributed by atoms with Crippen molar-refractivity contribution >= 4 is 17.7 Å². The minimum atomic E-state index is -0.471. The molecule has 0 bridgehead atoms. The quantitative estimate of drug-likeness (QED) is 0.899. The highest BCUT2D eigenvalue weighted by Crippen LogP contribution is 2.19. The van der Waals surface area contributed by atoms with Gasteiger partial charge in [0.1, 0.15) is 6.61 Å². The van der Waals surface area contributed by atoms with Crippen LogP contribution in [0.4, 0.5) is 10.5 Å². The zero-order chi connectivity index (χ0) is 15.9. The molecule has 1 aromatic carbocycles. The molecule has 1 heterocycles. The summed E-state index contributed by atoms with van der Waals surface area (Å²) in [5, 5.41) is 2.63. The van der Waals surface area contributed by atoms with Crippen molar-refractivity contribution in [2.24, 2.45) is 0 Å². The molecule has 6 nitrogen and oxygen atoms in total. The third kappa shape index (κ3) is 4.21. The molecule has 0 aliphatic carbocycles. The molecule has 2 rings (SSSR count). The van der Waals surface area contributed by atoms with Gasteiger partial charge in [0.25, 0.3) is 5.91 Å². The Kier molecular flexibility index (Phi) is 5.77. The fourth-order valence-electron chi connectivity index (χ4n) is 2.29. The Morgan fingerprint density at radius 2 is 2.09 bits per heavy atom. The van der Waals surface area contributed by atoms with Crippen LogP contribution in [0.5, 0.6) is 0 Å². The minimum absolute atomic E-state index is 0.0186. The molecule has 1 unspecified atom stereocenters. The van der Waals surface area contributed by atoms with E-state index in [-0.39, 0.29) is 18.6 Å². The lowest BCUT2D eigenvalue weighted by Crippen LogP contribution is -2.50. The Morgan fingerprint density at radius 1 is 1.36 bits per heavy atom. The van der Waals surface area contributed by atoms with E-state index in [4.69, 9.17) is 9.47 Å². The van der Waals surface area contributed by atoms with Crippen LogP contribution in [-0.4, -0.2) is 44.4 Å². The van der Waals surface area contributed by atoms with Crippen molar-refractivity contribution in [2.75, 3.05) is 31.2 Å². The fraction of sp³-hybridized carbons (Fsp3) is 0.500. The molecular weight excluding hydrogens is 284 g/mol. The summed E-state index contributed by atoms with van der Waals surface area (Å²) in [7, 11) is 0. The smallest absolute Gasteiger partial charge is 0.407 e. The van der Waals surface area contributed by atoms with Crippen LogP contribution >= 0.6 is 0 Å². The molecule has 0 spiro atoms. The number of carbonyl (C=O) groups excluding carboxylic acids is 2. The molecule has 1 N–H and O–H groups in total. The zero-order valence-electron chi connectivity index (χ0n) is 13.0. The van der Waals surface area contributed by atoms with Gasteiger partial charge < -0.3 is 19.7 Å². The van der Waals surface area contributed by atoms with Gasteiger partial charge in [0.2, 0.25) is 0 Å². The number of carbonyl (C=O) groups is 2. The predicted octanol–water partition coefficient (Wildman–Crippen LogP) is 1.73. The number of ether oxygens (including phenoxy) is 2. The maximum Gasteiger partial charge on any atom is 0.407 e. The molecule has 1 fully saturated rings. The van der Waals surface area contributed by atoms with Gasteiger partial charge in [0.15, 0.2) is 0 Å². The Morgan fingerprint density at radius 3 is 2.73 bits per heavy atom. The van der Waals surface area contributed by atoms with Crippen molar-refractivity contribution in [1.29, 1.82) is 0 Å². The zero-order valence-corrected chi connectivity index (χ0v) is 13.0. The number of amides is 2. The summed E-state index contributed by atoms with van der Waals surface area (Å²) in [5.41, 5.74) is 2.08. The Bertz CT molecular complexity index is 515. The molecule has 1 atom stereocenters. The van der Waals surface area contributed by atoms with Crippen LogP contribution in [0.2, 0.25) is 0 Å². The van der Waals surface area contributed by atoms with Gasteiger partial charge in [0.05, 0.1) is 19.3 Å². The molecule has 1 aliphatic heterocycles. The molecule has 22 heavy (non-hydrogen) atoms. The number of anilines is 1. The van der Waals surface area contributed by atoms with Crippen LogP contribution in [0.15, 0.2) is 24.3 Å². The molecule has 2 amide bonds. The second-order valence-corrected chi connectivity index (χ2v) is 5.06. The summed E-state index contributed by atoms with van der Waals surface area (Å²) < 4.78 is 10.3. The van der Waals surface area contributed by atoms with Crippen molar-refractivity contribution in [3.05, 3.63) is 29.8 Å². The van der Waals surface area contributed by atoms with Gasteiger partial charge in [-0.1, -0.05) is 19.1 Å². The number of nitrogens with zero attached hydrogens (tertiary/aromatic N) is 1. The van der Waals surface area contributed by atoms with E-state index in [1.54, 1.807) is 11.8 Å². The second kappa shape index (κ2) is 7.79. The highest BCUT2D eigenvalue weighted by molar-refractivity contribution is 5.95. The number of hydrogen-bond acceptors (Lipinski definition) is 4. The van der Waals surface area contributed by atoms with Gasteiger partial charge in [-0.05, 0) is 31.0 Å². The molecule has 1 aliphatic rings. The summed E-state index contributed by atoms with van der Waals surface area (Å²) in [5.74, 6) is -0.0726. The molecule has 0 radical (unpaired) electrons. The average molecular weight is 306 g/mol. The first-order valence-corrected chi connectivity index (χ1v) is 7.55. The topological polar surface area (TPSA) is 67.9 Å². The van der Waals surface area contributed by atoms with Crippen molar-refractivity contribution in [2.45, 2.75) is 26.4 Å². The van der Waals surface area contributed by atoms with Gasteiger partial charge in [-0.15, -0.1) is 0 Å². The van der Waals surface area contributed by atoms with E-state index in [9.17, 15) is 9.59 Å². The van der Waals surface area contributed by atoms with Crippen LogP contribution in [0, 0.1) is 0 Å². The molecule has 0 aromatic heterocycles. The van der Waals surface area contributed by atoms with Crippen LogP contribution < -0.4 is 10.2 Å². The maximum atomic E-state index is 12.0. The molecule has 6 heteroatoms. The Balaban J connectivity index is 1.95. The largest absolute Gasteiger partial charge is 0.450 e. The fourth-order valence-corrected chi connectivity index (χ4v) is 2.29. The van der Waals surface area contributed by atoms with Crippen molar-refractivity contribution in [3.63, 3.8) is 0 Å². The molecule has 1 saturated heterocycles. The predicted molar refractivity (Wildman–Crippen MR) is 82.9 cm³/mol. The highest BCUT2D eigenvalue weighted by atomic mass is 16.5.